The SMILES string of the molecule is CCNC(=O)CCOc1ccc(C(CC)=NO)cc1. The van der Waals surface area contributed by atoms with Crippen LogP contribution in [0.5, 0.6) is 5.75 Å². The van der Waals surface area contributed by atoms with Crippen LogP contribution < -0.4 is 10.1 Å². The Morgan fingerprint density at radius 1 is 1.32 bits per heavy atom. The average molecular weight is 264 g/mol. The summed E-state index contributed by atoms with van der Waals surface area (Å²) < 4.78 is 5.46. The number of oxime groups is 1. The molecular formula is C14H20N2O3. The number of ether oxygens (including phenoxy) is 1. The summed E-state index contributed by atoms with van der Waals surface area (Å²) in [6.07, 6.45) is 1.00. The second kappa shape index (κ2) is 8.13. The lowest BCUT2D eigenvalue weighted by Crippen LogP contribution is -2.24. The molecule has 1 aromatic rings. The van der Waals surface area contributed by atoms with E-state index < -0.39 is 0 Å². The number of hydrogen-bond acceptors (Lipinski definition) is 4. The Morgan fingerprint density at radius 3 is 2.53 bits per heavy atom. The average Bonchev–Trinajstić information content (AvgIpc) is 2.42. The normalized spacial score (nSPS) is 11.2. The molecule has 1 amide bonds. The van der Waals surface area contributed by atoms with Gasteiger partial charge in [0.25, 0.3) is 0 Å². The maximum absolute atomic E-state index is 11.2. The van der Waals surface area contributed by atoms with Gasteiger partial charge >= 0.3 is 0 Å². The second-order valence-corrected chi connectivity index (χ2v) is 3.98. The van der Waals surface area contributed by atoms with E-state index in [0.717, 1.165) is 5.56 Å². The van der Waals surface area contributed by atoms with E-state index >= 15 is 0 Å². The van der Waals surface area contributed by atoms with Crippen molar-refractivity contribution in [1.82, 2.24) is 5.32 Å². The van der Waals surface area contributed by atoms with E-state index in [1.807, 2.05) is 26.0 Å². The lowest BCUT2D eigenvalue weighted by Gasteiger charge is -2.07. The highest BCUT2D eigenvalue weighted by Crippen LogP contribution is 2.14. The first-order chi connectivity index (χ1) is 9.21. The summed E-state index contributed by atoms with van der Waals surface area (Å²) in [5.74, 6) is 0.682. The van der Waals surface area contributed by atoms with Gasteiger partial charge in [0.1, 0.15) is 5.75 Å². The van der Waals surface area contributed by atoms with Gasteiger partial charge in [0, 0.05) is 6.54 Å². The summed E-state index contributed by atoms with van der Waals surface area (Å²) in [5.41, 5.74) is 1.50. The van der Waals surface area contributed by atoms with Gasteiger partial charge in [-0.25, -0.2) is 0 Å². The molecule has 0 bridgehead atoms. The van der Waals surface area contributed by atoms with Gasteiger partial charge in [0.2, 0.25) is 5.91 Å². The van der Waals surface area contributed by atoms with Crippen LogP contribution in [0, 0.1) is 0 Å². The minimum absolute atomic E-state index is 0.0141. The summed E-state index contributed by atoms with van der Waals surface area (Å²) in [6, 6.07) is 7.27. The first-order valence-electron chi connectivity index (χ1n) is 6.42. The Balaban J connectivity index is 2.47. The monoisotopic (exact) mass is 264 g/mol. The van der Waals surface area contributed by atoms with Gasteiger partial charge < -0.3 is 15.3 Å². The van der Waals surface area contributed by atoms with Crippen LogP contribution in [0.15, 0.2) is 29.4 Å². The van der Waals surface area contributed by atoms with Crippen molar-refractivity contribution in [1.29, 1.82) is 0 Å². The van der Waals surface area contributed by atoms with Crippen molar-refractivity contribution in [2.75, 3.05) is 13.2 Å². The van der Waals surface area contributed by atoms with Crippen molar-refractivity contribution in [3.63, 3.8) is 0 Å². The van der Waals surface area contributed by atoms with Crippen molar-refractivity contribution in [2.45, 2.75) is 26.7 Å². The summed E-state index contributed by atoms with van der Waals surface area (Å²) in [5, 5.41) is 14.8. The Labute approximate surface area is 113 Å². The minimum Gasteiger partial charge on any atom is -0.493 e. The smallest absolute Gasteiger partial charge is 0.223 e. The Morgan fingerprint density at radius 2 is 2.00 bits per heavy atom. The number of nitrogens with one attached hydrogen (secondary N) is 1. The second-order valence-electron chi connectivity index (χ2n) is 3.98. The number of benzene rings is 1. The highest BCUT2D eigenvalue weighted by molar-refractivity contribution is 6.00. The van der Waals surface area contributed by atoms with Gasteiger partial charge in [-0.3, -0.25) is 4.79 Å². The van der Waals surface area contributed by atoms with E-state index in [2.05, 4.69) is 10.5 Å². The predicted molar refractivity (Wildman–Crippen MR) is 73.9 cm³/mol. The molecule has 0 atom stereocenters. The number of hydrogen-bond donors (Lipinski definition) is 2. The molecule has 0 unspecified atom stereocenters. The Kier molecular flexibility index (Phi) is 6.43. The molecular weight excluding hydrogens is 244 g/mol. The van der Waals surface area contributed by atoms with Crippen LogP contribution in [0.3, 0.4) is 0 Å². The molecule has 0 heterocycles. The fraction of sp³-hybridized carbons (Fsp3) is 0.429. The van der Waals surface area contributed by atoms with E-state index in [0.29, 0.717) is 37.5 Å². The molecule has 104 valence electrons. The Bertz CT molecular complexity index is 427. The first kappa shape index (κ1) is 15.0. The predicted octanol–water partition coefficient (Wildman–Crippen LogP) is 2.18. The quantitative estimate of drug-likeness (QED) is 0.450. The third-order valence-corrected chi connectivity index (χ3v) is 2.61. The van der Waals surface area contributed by atoms with Crippen LogP contribution in [0.4, 0.5) is 0 Å². The molecule has 19 heavy (non-hydrogen) atoms. The number of rotatable bonds is 7. The van der Waals surface area contributed by atoms with Crippen molar-refractivity contribution in [2.24, 2.45) is 5.16 Å². The van der Waals surface area contributed by atoms with Gasteiger partial charge in [0.15, 0.2) is 0 Å². The zero-order valence-electron chi connectivity index (χ0n) is 11.3. The molecule has 0 fully saturated rings. The highest BCUT2D eigenvalue weighted by atomic mass is 16.5. The minimum atomic E-state index is -0.0141. The first-order valence-corrected chi connectivity index (χ1v) is 6.42. The van der Waals surface area contributed by atoms with Crippen LogP contribution in [0.1, 0.15) is 32.3 Å². The fourth-order valence-corrected chi connectivity index (χ4v) is 1.62. The third kappa shape index (κ3) is 4.99. The Hall–Kier alpha value is -2.04. The topological polar surface area (TPSA) is 70.9 Å². The molecule has 0 aliphatic carbocycles. The van der Waals surface area contributed by atoms with Crippen molar-refractivity contribution in [3.8, 4) is 5.75 Å². The third-order valence-electron chi connectivity index (χ3n) is 2.61. The molecule has 0 aromatic heterocycles. The standard InChI is InChI=1S/C14H20N2O3/c1-3-13(16-18)11-5-7-12(8-6-11)19-10-9-14(17)15-4-2/h5-8,18H,3-4,9-10H2,1-2H3,(H,15,17). The van der Waals surface area contributed by atoms with Crippen LogP contribution in [-0.4, -0.2) is 30.0 Å². The van der Waals surface area contributed by atoms with E-state index in [-0.39, 0.29) is 5.91 Å². The summed E-state index contributed by atoms with van der Waals surface area (Å²) in [7, 11) is 0. The van der Waals surface area contributed by atoms with E-state index in [9.17, 15) is 4.79 Å². The summed E-state index contributed by atoms with van der Waals surface area (Å²) >= 11 is 0. The summed E-state index contributed by atoms with van der Waals surface area (Å²) in [6.45, 7) is 4.78. The number of nitrogens with zero attached hydrogens (tertiary/aromatic N) is 1. The van der Waals surface area contributed by atoms with Crippen LogP contribution in [-0.2, 0) is 4.79 Å². The van der Waals surface area contributed by atoms with E-state index in [1.165, 1.54) is 0 Å². The summed E-state index contributed by atoms with van der Waals surface area (Å²) in [4.78, 5) is 11.2. The molecule has 0 radical (unpaired) electrons. The van der Waals surface area contributed by atoms with Crippen molar-refractivity contribution >= 4 is 11.6 Å². The number of carbonyl (C=O) groups excluding carboxylic acids is 1. The molecule has 1 rings (SSSR count). The lowest BCUT2D eigenvalue weighted by molar-refractivity contribution is -0.121. The highest BCUT2D eigenvalue weighted by Gasteiger charge is 2.03. The van der Waals surface area contributed by atoms with Crippen LogP contribution in [0.2, 0.25) is 0 Å². The molecule has 0 aliphatic rings. The van der Waals surface area contributed by atoms with Crippen LogP contribution >= 0.6 is 0 Å². The molecule has 5 nitrogen and oxygen atoms in total. The maximum Gasteiger partial charge on any atom is 0.223 e. The molecule has 0 saturated carbocycles. The van der Waals surface area contributed by atoms with Crippen molar-refractivity contribution in [3.05, 3.63) is 29.8 Å². The zero-order chi connectivity index (χ0) is 14.1. The molecule has 1 aromatic carbocycles. The molecule has 0 aliphatic heterocycles. The molecule has 5 heteroatoms. The van der Waals surface area contributed by atoms with Gasteiger partial charge in [0.05, 0.1) is 18.7 Å². The van der Waals surface area contributed by atoms with Crippen molar-refractivity contribution < 1.29 is 14.7 Å². The van der Waals surface area contributed by atoms with E-state index in [1.54, 1.807) is 12.1 Å². The number of carbonyl (C=O) groups is 1. The maximum atomic E-state index is 11.2. The molecule has 0 saturated heterocycles. The number of amides is 1. The van der Waals surface area contributed by atoms with Crippen LogP contribution in [0.25, 0.3) is 0 Å². The molecule has 0 spiro atoms. The van der Waals surface area contributed by atoms with Gasteiger partial charge in [-0.15, -0.1) is 0 Å². The zero-order valence-corrected chi connectivity index (χ0v) is 11.3. The molecule has 2 N–H and O–H groups in total. The lowest BCUT2D eigenvalue weighted by atomic mass is 10.1. The largest absolute Gasteiger partial charge is 0.493 e. The van der Waals surface area contributed by atoms with Gasteiger partial charge in [-0.05, 0) is 43.2 Å². The van der Waals surface area contributed by atoms with Gasteiger partial charge in [-0.2, -0.15) is 0 Å². The van der Waals surface area contributed by atoms with E-state index in [4.69, 9.17) is 9.94 Å². The fourth-order valence-electron chi connectivity index (χ4n) is 1.62. The van der Waals surface area contributed by atoms with Gasteiger partial charge in [-0.1, -0.05) is 12.1 Å².